The number of hydrogen-bond acceptors (Lipinski definition) is 4. The van der Waals surface area contributed by atoms with Gasteiger partial charge in [-0.05, 0) is 52.9 Å². The summed E-state index contributed by atoms with van der Waals surface area (Å²) in [6.07, 6.45) is 1.34. The minimum absolute atomic E-state index is 0.00652. The Kier molecular flexibility index (Phi) is 7.08. The summed E-state index contributed by atoms with van der Waals surface area (Å²) in [6.45, 7) is 6.80. The summed E-state index contributed by atoms with van der Waals surface area (Å²) < 4.78 is 31.8. The zero-order valence-corrected chi connectivity index (χ0v) is 19.7. The average molecular weight is 466 g/mol. The predicted molar refractivity (Wildman–Crippen MR) is 128 cm³/mol. The summed E-state index contributed by atoms with van der Waals surface area (Å²) in [5, 5.41) is 9.98. The molecule has 0 radical (unpaired) electrons. The number of nitrogens with zero attached hydrogens (tertiary/aromatic N) is 1. The summed E-state index contributed by atoms with van der Waals surface area (Å²) >= 11 is 5.85. The SMILES string of the molecule is CC(C)(C)c1ccc(COc2ccccc2C=C(C#N)S(=O)(=O)c2ccc(Cl)cc2)cc1. The fourth-order valence-corrected chi connectivity index (χ4v) is 4.32. The van der Waals surface area contributed by atoms with Crippen LogP contribution in [0, 0.1) is 11.3 Å². The van der Waals surface area contributed by atoms with E-state index in [-0.39, 0.29) is 15.2 Å². The molecule has 0 fully saturated rings. The first-order valence-corrected chi connectivity index (χ1v) is 11.9. The van der Waals surface area contributed by atoms with Crippen molar-refractivity contribution in [2.24, 2.45) is 0 Å². The van der Waals surface area contributed by atoms with Crippen LogP contribution in [0.5, 0.6) is 5.75 Å². The van der Waals surface area contributed by atoms with Gasteiger partial charge in [-0.25, -0.2) is 8.42 Å². The van der Waals surface area contributed by atoms with Crippen molar-refractivity contribution in [1.29, 1.82) is 5.26 Å². The van der Waals surface area contributed by atoms with Crippen molar-refractivity contribution in [3.05, 3.63) is 99.4 Å². The molecule has 3 rings (SSSR count). The number of halogens is 1. The van der Waals surface area contributed by atoms with Crippen molar-refractivity contribution in [3.63, 3.8) is 0 Å². The molecule has 0 aliphatic heterocycles. The Balaban J connectivity index is 1.86. The maximum absolute atomic E-state index is 12.9. The van der Waals surface area contributed by atoms with Crippen molar-refractivity contribution in [2.45, 2.75) is 37.7 Å². The lowest BCUT2D eigenvalue weighted by Crippen LogP contribution is -2.10. The van der Waals surface area contributed by atoms with Crippen LogP contribution >= 0.6 is 11.6 Å². The van der Waals surface area contributed by atoms with Crippen molar-refractivity contribution < 1.29 is 13.2 Å². The van der Waals surface area contributed by atoms with Gasteiger partial charge in [0, 0.05) is 10.6 Å². The van der Waals surface area contributed by atoms with Gasteiger partial charge < -0.3 is 4.74 Å². The van der Waals surface area contributed by atoms with Gasteiger partial charge in [0.1, 0.15) is 23.3 Å². The van der Waals surface area contributed by atoms with Gasteiger partial charge in [0.05, 0.1) is 4.90 Å². The highest BCUT2D eigenvalue weighted by Gasteiger charge is 2.21. The van der Waals surface area contributed by atoms with E-state index in [4.69, 9.17) is 16.3 Å². The largest absolute Gasteiger partial charge is 0.488 e. The van der Waals surface area contributed by atoms with Gasteiger partial charge in [0.25, 0.3) is 0 Å². The van der Waals surface area contributed by atoms with Crippen molar-refractivity contribution in [1.82, 2.24) is 0 Å². The molecule has 3 aromatic carbocycles. The van der Waals surface area contributed by atoms with Crippen LogP contribution in [0.25, 0.3) is 6.08 Å². The maximum atomic E-state index is 12.9. The number of sulfone groups is 1. The van der Waals surface area contributed by atoms with Crippen LogP contribution in [0.1, 0.15) is 37.5 Å². The van der Waals surface area contributed by atoms with E-state index in [1.54, 1.807) is 24.3 Å². The molecule has 0 spiro atoms. The lowest BCUT2D eigenvalue weighted by molar-refractivity contribution is 0.305. The molecular formula is C26H24ClNO3S. The first kappa shape index (κ1) is 23.6. The Bertz CT molecular complexity index is 1260. The van der Waals surface area contributed by atoms with Gasteiger partial charge in [-0.3, -0.25) is 0 Å². The Morgan fingerprint density at radius 3 is 2.22 bits per heavy atom. The quantitative estimate of drug-likeness (QED) is 0.387. The highest BCUT2D eigenvalue weighted by Crippen LogP contribution is 2.27. The fourth-order valence-electron chi connectivity index (χ4n) is 3.05. The van der Waals surface area contributed by atoms with E-state index in [2.05, 4.69) is 32.9 Å². The van der Waals surface area contributed by atoms with E-state index in [1.807, 2.05) is 18.2 Å². The standard InChI is InChI=1S/C26H24ClNO3S/c1-26(2,3)21-10-8-19(9-11-21)18-31-25-7-5-4-6-20(25)16-24(17-28)32(29,30)23-14-12-22(27)13-15-23/h4-16H,18H2,1-3H3. The Morgan fingerprint density at radius 2 is 1.62 bits per heavy atom. The maximum Gasteiger partial charge on any atom is 0.216 e. The summed E-state index contributed by atoms with van der Waals surface area (Å²) in [6, 6.07) is 22.8. The third-order valence-corrected chi connectivity index (χ3v) is 6.88. The molecule has 0 unspecified atom stereocenters. The van der Waals surface area contributed by atoms with Gasteiger partial charge in [0.15, 0.2) is 0 Å². The average Bonchev–Trinajstić information content (AvgIpc) is 2.76. The minimum atomic E-state index is -3.98. The monoisotopic (exact) mass is 465 g/mol. The molecule has 0 heterocycles. The van der Waals surface area contributed by atoms with Gasteiger partial charge in [-0.15, -0.1) is 0 Å². The normalized spacial score (nSPS) is 12.3. The zero-order chi connectivity index (χ0) is 23.4. The lowest BCUT2D eigenvalue weighted by Gasteiger charge is -2.19. The van der Waals surface area contributed by atoms with Crippen molar-refractivity contribution in [3.8, 4) is 11.8 Å². The van der Waals surface area contributed by atoms with Gasteiger partial charge in [-0.1, -0.05) is 74.8 Å². The Morgan fingerprint density at radius 1 is 1.00 bits per heavy atom. The van der Waals surface area contributed by atoms with Crippen LogP contribution in [0.2, 0.25) is 5.02 Å². The smallest absolute Gasteiger partial charge is 0.216 e. The molecule has 0 amide bonds. The van der Waals surface area contributed by atoms with Crippen molar-refractivity contribution >= 4 is 27.5 Å². The second-order valence-electron chi connectivity index (χ2n) is 8.35. The van der Waals surface area contributed by atoms with E-state index in [0.717, 1.165) is 5.56 Å². The summed E-state index contributed by atoms with van der Waals surface area (Å²) in [5.74, 6) is 0.492. The van der Waals surface area contributed by atoms with E-state index >= 15 is 0 Å². The first-order chi connectivity index (χ1) is 15.1. The number of allylic oxidation sites excluding steroid dienone is 1. The number of rotatable bonds is 6. The molecule has 164 valence electrons. The molecule has 0 aliphatic rings. The fraction of sp³-hybridized carbons (Fsp3) is 0.192. The van der Waals surface area contributed by atoms with Crippen LogP contribution in [0.3, 0.4) is 0 Å². The number of hydrogen-bond donors (Lipinski definition) is 0. The van der Waals surface area contributed by atoms with E-state index in [1.165, 1.54) is 35.9 Å². The highest BCUT2D eigenvalue weighted by atomic mass is 35.5. The van der Waals surface area contributed by atoms with E-state index in [0.29, 0.717) is 22.9 Å². The Labute approximate surface area is 194 Å². The second kappa shape index (κ2) is 9.60. The number of ether oxygens (including phenoxy) is 1. The first-order valence-electron chi connectivity index (χ1n) is 10.0. The molecule has 0 saturated carbocycles. The number of nitriles is 1. The summed E-state index contributed by atoms with van der Waals surface area (Å²) in [7, 11) is -3.98. The van der Waals surface area contributed by atoms with Crippen LogP contribution in [-0.4, -0.2) is 8.42 Å². The van der Waals surface area contributed by atoms with Crippen LogP contribution < -0.4 is 4.74 Å². The van der Waals surface area contributed by atoms with Crippen LogP contribution in [0.4, 0.5) is 0 Å². The molecule has 6 heteroatoms. The number of para-hydroxylation sites is 1. The lowest BCUT2D eigenvalue weighted by atomic mass is 9.87. The van der Waals surface area contributed by atoms with Gasteiger partial charge in [-0.2, -0.15) is 5.26 Å². The van der Waals surface area contributed by atoms with E-state index in [9.17, 15) is 13.7 Å². The summed E-state index contributed by atoms with van der Waals surface area (Å²) in [5.41, 5.74) is 2.80. The third-order valence-electron chi connectivity index (χ3n) is 4.94. The molecule has 0 aromatic heterocycles. The molecule has 4 nitrogen and oxygen atoms in total. The van der Waals surface area contributed by atoms with Crippen LogP contribution in [0.15, 0.2) is 82.6 Å². The summed E-state index contributed by atoms with van der Waals surface area (Å²) in [4.78, 5) is -0.363. The van der Waals surface area contributed by atoms with Crippen LogP contribution in [-0.2, 0) is 21.9 Å². The molecule has 0 N–H and O–H groups in total. The third kappa shape index (κ3) is 5.59. The van der Waals surface area contributed by atoms with Gasteiger partial charge in [0.2, 0.25) is 9.84 Å². The van der Waals surface area contributed by atoms with Gasteiger partial charge >= 0.3 is 0 Å². The van der Waals surface area contributed by atoms with E-state index < -0.39 is 9.84 Å². The predicted octanol–water partition coefficient (Wildman–Crippen LogP) is 6.55. The molecule has 0 saturated heterocycles. The minimum Gasteiger partial charge on any atom is -0.488 e. The molecule has 32 heavy (non-hydrogen) atoms. The van der Waals surface area contributed by atoms with Crippen molar-refractivity contribution in [2.75, 3.05) is 0 Å². The molecule has 3 aromatic rings. The molecule has 0 bridgehead atoms. The number of benzene rings is 3. The molecular weight excluding hydrogens is 442 g/mol. The highest BCUT2D eigenvalue weighted by molar-refractivity contribution is 7.95. The topological polar surface area (TPSA) is 67.2 Å². The second-order valence-corrected chi connectivity index (χ2v) is 10.7. The zero-order valence-electron chi connectivity index (χ0n) is 18.2. The molecule has 0 aliphatic carbocycles. The molecule has 0 atom stereocenters. The Hall–Kier alpha value is -3.07.